The van der Waals surface area contributed by atoms with E-state index >= 15 is 0 Å². The lowest BCUT2D eigenvalue weighted by atomic mass is 10.3. The molecule has 0 radical (unpaired) electrons. The molecule has 0 saturated carbocycles. The summed E-state index contributed by atoms with van der Waals surface area (Å²) in [6, 6.07) is 0. The Kier molecular flexibility index (Phi) is 20.5. The molecule has 0 unspecified atom stereocenters. The minimum absolute atomic E-state index is 1.12. The molecular weight excluding hydrogens is 372 g/mol. The monoisotopic (exact) mass is 428 g/mol. The summed E-state index contributed by atoms with van der Waals surface area (Å²) < 4.78 is 0. The van der Waals surface area contributed by atoms with E-state index in [-0.39, 0.29) is 0 Å². The zero-order valence-electron chi connectivity index (χ0n) is 21.8. The minimum atomic E-state index is 1.12. The van der Waals surface area contributed by atoms with Crippen LogP contribution in [0.2, 0.25) is 0 Å². The second-order valence-corrected chi connectivity index (χ2v) is 9.39. The Morgan fingerprint density at radius 3 is 0.967 bits per heavy atom. The van der Waals surface area contributed by atoms with E-state index in [2.05, 4.69) is 72.0 Å². The van der Waals surface area contributed by atoms with Crippen molar-refractivity contribution in [3.8, 4) is 0 Å². The molecule has 0 aliphatic carbocycles. The molecule has 0 aromatic rings. The van der Waals surface area contributed by atoms with Gasteiger partial charge in [0, 0.05) is 0 Å². The lowest BCUT2D eigenvalue weighted by Crippen LogP contribution is -2.31. The van der Waals surface area contributed by atoms with Crippen LogP contribution in [-0.4, -0.2) is 139 Å². The van der Waals surface area contributed by atoms with E-state index in [9.17, 15) is 0 Å². The van der Waals surface area contributed by atoms with Crippen LogP contribution in [0.25, 0.3) is 0 Å². The summed E-state index contributed by atoms with van der Waals surface area (Å²) in [6.45, 7) is 15.5. The topological polar surface area (TPSA) is 28.2 Å². The highest BCUT2D eigenvalue weighted by Crippen LogP contribution is 1.98. The predicted octanol–water partition coefficient (Wildman–Crippen LogP) is 2.23. The Morgan fingerprint density at radius 1 is 0.433 bits per heavy atom. The zero-order chi connectivity index (χ0) is 22.6. The summed E-state index contributed by atoms with van der Waals surface area (Å²) in [6.07, 6.45) is 7.58. The fraction of sp³-hybridized carbons (Fsp3) is 1.00. The maximum Gasteiger partial charge on any atom is -0.000959 e. The Labute approximate surface area is 189 Å². The van der Waals surface area contributed by atoms with Crippen molar-refractivity contribution in [1.29, 1.82) is 0 Å². The van der Waals surface area contributed by atoms with Crippen LogP contribution in [0.5, 0.6) is 0 Å². The molecule has 0 aliphatic rings. The predicted molar refractivity (Wildman–Crippen MR) is 135 cm³/mol. The van der Waals surface area contributed by atoms with Crippen LogP contribution in [0.3, 0.4) is 0 Å². The number of rotatable bonds is 22. The van der Waals surface area contributed by atoms with Crippen LogP contribution >= 0.6 is 0 Å². The van der Waals surface area contributed by atoms with Crippen LogP contribution in [0.4, 0.5) is 0 Å². The molecule has 0 bridgehead atoms. The Bertz CT molecular complexity index is 355. The van der Waals surface area contributed by atoms with Crippen LogP contribution in [0.1, 0.15) is 45.4 Å². The lowest BCUT2D eigenvalue weighted by molar-refractivity contribution is 0.242. The fourth-order valence-electron chi connectivity index (χ4n) is 3.91. The van der Waals surface area contributed by atoms with Gasteiger partial charge in [-0.05, 0) is 153 Å². The minimum Gasteiger partial charge on any atom is -0.320 e. The zero-order valence-corrected chi connectivity index (χ0v) is 21.8. The van der Waals surface area contributed by atoms with Gasteiger partial charge in [-0.15, -0.1) is 0 Å². The standard InChI is InChI=1S/C24H56N6/c1-8-15-26(3)17-10-19-28(5)21-12-23-30(7)24-13-22-29(6)20-11-18-27(4)16-9-14-25-2/h25H,8-24H2,1-7H3. The maximum absolute atomic E-state index is 3.22. The van der Waals surface area contributed by atoms with Crippen LogP contribution < -0.4 is 5.32 Å². The Morgan fingerprint density at radius 2 is 0.700 bits per heavy atom. The Balaban J connectivity index is 3.57. The SMILES string of the molecule is CCCN(C)CCCN(C)CCCN(C)CCCN(C)CCCN(C)CCCNC. The molecule has 0 amide bonds. The van der Waals surface area contributed by atoms with Gasteiger partial charge in [-0.1, -0.05) is 6.92 Å². The molecule has 0 aromatic heterocycles. The second kappa shape index (κ2) is 20.7. The molecule has 0 heterocycles. The first kappa shape index (κ1) is 29.8. The molecular formula is C24H56N6. The van der Waals surface area contributed by atoms with Crippen molar-refractivity contribution in [3.05, 3.63) is 0 Å². The lowest BCUT2D eigenvalue weighted by Gasteiger charge is -2.23. The number of nitrogens with one attached hydrogen (secondary N) is 1. The first-order valence-corrected chi connectivity index (χ1v) is 12.5. The van der Waals surface area contributed by atoms with Gasteiger partial charge < -0.3 is 29.8 Å². The molecule has 0 rings (SSSR count). The third-order valence-corrected chi connectivity index (χ3v) is 5.89. The molecule has 0 atom stereocenters. The normalized spacial score (nSPS) is 12.4. The van der Waals surface area contributed by atoms with Crippen molar-refractivity contribution in [2.75, 3.05) is 114 Å². The van der Waals surface area contributed by atoms with E-state index in [1.165, 1.54) is 104 Å². The first-order chi connectivity index (χ1) is 14.4. The molecule has 6 nitrogen and oxygen atoms in total. The van der Waals surface area contributed by atoms with Crippen molar-refractivity contribution < 1.29 is 0 Å². The van der Waals surface area contributed by atoms with E-state index in [1.54, 1.807) is 0 Å². The highest BCUT2D eigenvalue weighted by molar-refractivity contribution is 4.61. The van der Waals surface area contributed by atoms with E-state index in [0.29, 0.717) is 0 Å². The number of nitrogens with zero attached hydrogens (tertiary/aromatic N) is 5. The summed E-state index contributed by atoms with van der Waals surface area (Å²) in [4.78, 5) is 12.4. The third kappa shape index (κ3) is 19.7. The van der Waals surface area contributed by atoms with Crippen LogP contribution in [-0.2, 0) is 0 Å². The average molecular weight is 429 g/mol. The molecule has 0 saturated heterocycles. The maximum atomic E-state index is 3.22. The van der Waals surface area contributed by atoms with Crippen molar-refractivity contribution in [2.24, 2.45) is 0 Å². The van der Waals surface area contributed by atoms with Gasteiger partial charge in [0.25, 0.3) is 0 Å². The fourth-order valence-corrected chi connectivity index (χ4v) is 3.91. The van der Waals surface area contributed by atoms with Gasteiger partial charge in [0.05, 0.1) is 0 Å². The average Bonchev–Trinajstić information content (AvgIpc) is 2.68. The van der Waals surface area contributed by atoms with Crippen LogP contribution in [0, 0.1) is 0 Å². The number of hydrogen-bond acceptors (Lipinski definition) is 6. The van der Waals surface area contributed by atoms with Crippen LogP contribution in [0.15, 0.2) is 0 Å². The van der Waals surface area contributed by atoms with E-state index < -0.39 is 0 Å². The van der Waals surface area contributed by atoms with Gasteiger partial charge in [0.2, 0.25) is 0 Å². The summed E-state index contributed by atoms with van der Waals surface area (Å²) >= 11 is 0. The highest BCUT2D eigenvalue weighted by atomic mass is 15.1. The van der Waals surface area contributed by atoms with Crippen molar-refractivity contribution >= 4 is 0 Å². The van der Waals surface area contributed by atoms with Gasteiger partial charge in [-0.3, -0.25) is 0 Å². The molecule has 0 aromatic carbocycles. The summed E-state index contributed by atoms with van der Waals surface area (Å²) in [5.74, 6) is 0. The highest BCUT2D eigenvalue weighted by Gasteiger charge is 2.05. The van der Waals surface area contributed by atoms with Gasteiger partial charge in [-0.2, -0.15) is 0 Å². The summed E-state index contributed by atoms with van der Waals surface area (Å²) in [7, 11) is 13.3. The third-order valence-electron chi connectivity index (χ3n) is 5.89. The van der Waals surface area contributed by atoms with Gasteiger partial charge in [0.1, 0.15) is 0 Å². The van der Waals surface area contributed by atoms with Crippen molar-refractivity contribution in [1.82, 2.24) is 29.8 Å². The smallest absolute Gasteiger partial charge is 0.000959 e. The second-order valence-electron chi connectivity index (χ2n) is 9.39. The molecule has 0 spiro atoms. The Hall–Kier alpha value is -0.240. The summed E-state index contributed by atoms with van der Waals surface area (Å²) in [5.41, 5.74) is 0. The van der Waals surface area contributed by atoms with Gasteiger partial charge >= 0.3 is 0 Å². The molecule has 0 aliphatic heterocycles. The number of hydrogen-bond donors (Lipinski definition) is 1. The van der Waals surface area contributed by atoms with E-state index in [1.807, 2.05) is 7.05 Å². The largest absolute Gasteiger partial charge is 0.320 e. The van der Waals surface area contributed by atoms with Crippen molar-refractivity contribution in [3.63, 3.8) is 0 Å². The first-order valence-electron chi connectivity index (χ1n) is 12.5. The van der Waals surface area contributed by atoms with Gasteiger partial charge in [0.15, 0.2) is 0 Å². The van der Waals surface area contributed by atoms with Crippen molar-refractivity contribution in [2.45, 2.75) is 45.4 Å². The summed E-state index contributed by atoms with van der Waals surface area (Å²) in [5, 5.41) is 3.22. The molecule has 6 heteroatoms. The van der Waals surface area contributed by atoms with E-state index in [4.69, 9.17) is 0 Å². The quantitative estimate of drug-likeness (QED) is 0.266. The molecule has 30 heavy (non-hydrogen) atoms. The molecule has 0 fully saturated rings. The van der Waals surface area contributed by atoms with Gasteiger partial charge in [-0.25, -0.2) is 0 Å². The van der Waals surface area contributed by atoms with E-state index in [0.717, 1.165) is 6.54 Å². The molecule has 182 valence electrons. The molecule has 1 N–H and O–H groups in total.